The smallest absolute Gasteiger partial charge is 0.294 e. The van der Waals surface area contributed by atoms with Gasteiger partial charge in [0.15, 0.2) is 0 Å². The predicted octanol–water partition coefficient (Wildman–Crippen LogP) is 0.415. The Morgan fingerprint density at radius 2 is 2.07 bits per heavy atom. The Labute approximate surface area is 89.1 Å². The van der Waals surface area contributed by atoms with Crippen molar-refractivity contribution in [1.29, 1.82) is 0 Å². The van der Waals surface area contributed by atoms with Crippen LogP contribution in [0.1, 0.15) is 5.56 Å². The van der Waals surface area contributed by atoms with Crippen LogP contribution in [0.5, 0.6) is 5.75 Å². The summed E-state index contributed by atoms with van der Waals surface area (Å²) in [5, 5.41) is 0. The van der Waals surface area contributed by atoms with Gasteiger partial charge in [-0.25, -0.2) is 4.21 Å². The molecule has 0 amide bonds. The fourth-order valence-electron chi connectivity index (χ4n) is 0.989. The maximum Gasteiger partial charge on any atom is 0.294 e. The van der Waals surface area contributed by atoms with Gasteiger partial charge in [0, 0.05) is 6.07 Å². The highest BCUT2D eigenvalue weighted by atomic mass is 32.2. The monoisotopic (exact) mass is 251 g/mol. The zero-order valence-electron chi connectivity index (χ0n) is 7.54. The summed E-state index contributed by atoms with van der Waals surface area (Å²) in [6.07, 6.45) is 0. The first-order valence-corrected chi connectivity index (χ1v) is 6.10. The van der Waals surface area contributed by atoms with Crippen molar-refractivity contribution in [2.75, 3.05) is 0 Å². The average Bonchev–Trinajstić information content (AvgIpc) is 2.05. The van der Waals surface area contributed by atoms with Crippen LogP contribution in [0, 0.1) is 6.92 Å². The molecule has 1 aromatic carbocycles. The van der Waals surface area contributed by atoms with E-state index in [0.717, 1.165) is 6.07 Å². The maximum atomic E-state index is 10.8. The second-order valence-corrected chi connectivity index (χ2v) is 4.65. The Morgan fingerprint density at radius 3 is 2.53 bits per heavy atom. The minimum atomic E-state index is -4.37. The molecule has 0 aliphatic rings. The van der Waals surface area contributed by atoms with Crippen molar-refractivity contribution in [3.05, 3.63) is 23.8 Å². The largest absolute Gasteiger partial charge is 0.740 e. The van der Waals surface area contributed by atoms with Crippen LogP contribution in [0.25, 0.3) is 0 Å². The Balaban J connectivity index is 3.23. The molecule has 15 heavy (non-hydrogen) atoms. The van der Waals surface area contributed by atoms with E-state index in [1.807, 2.05) is 0 Å². The number of aryl methyl sites for hydroxylation is 1. The molecule has 1 unspecified atom stereocenters. The van der Waals surface area contributed by atoms with Crippen molar-refractivity contribution < 1.29 is 25.9 Å². The van der Waals surface area contributed by atoms with E-state index in [1.54, 1.807) is 0 Å². The van der Waals surface area contributed by atoms with E-state index < -0.39 is 21.5 Å². The van der Waals surface area contributed by atoms with Gasteiger partial charge in [0.25, 0.3) is 10.1 Å². The maximum absolute atomic E-state index is 10.8. The first-order valence-electron chi connectivity index (χ1n) is 3.66. The molecule has 0 aliphatic heterocycles. The third-order valence-corrected chi connectivity index (χ3v) is 2.93. The summed E-state index contributed by atoms with van der Waals surface area (Å²) in [4.78, 5) is -0.384. The van der Waals surface area contributed by atoms with Crippen molar-refractivity contribution in [3.8, 4) is 5.75 Å². The molecule has 0 radical (unpaired) electrons. The topological polar surface area (TPSA) is 104 Å². The standard InChI is InChI=1S/C7H8O6S2/c1-5-2-3-6(13-14(8)9)4-7(5)15(10,11)12/h2-4H,1H3,(H,8,9)(H,10,11,12)/p-1. The lowest BCUT2D eigenvalue weighted by Crippen LogP contribution is -2.03. The van der Waals surface area contributed by atoms with Gasteiger partial charge in [-0.2, -0.15) is 8.42 Å². The molecule has 6 nitrogen and oxygen atoms in total. The summed E-state index contributed by atoms with van der Waals surface area (Å²) >= 11 is -2.78. The van der Waals surface area contributed by atoms with Crippen LogP contribution in [0.4, 0.5) is 0 Å². The van der Waals surface area contributed by atoms with Crippen LogP contribution < -0.4 is 4.18 Å². The number of hydrogen-bond donors (Lipinski definition) is 1. The first-order chi connectivity index (χ1) is 6.80. The molecule has 1 atom stereocenters. The van der Waals surface area contributed by atoms with Gasteiger partial charge in [0.05, 0.1) is 0 Å². The molecule has 1 rings (SSSR count). The minimum absolute atomic E-state index is 0.179. The lowest BCUT2D eigenvalue weighted by Gasteiger charge is -2.09. The normalized spacial score (nSPS) is 13.5. The SMILES string of the molecule is Cc1ccc(OS(=O)[O-])cc1S(=O)(=O)O. The van der Waals surface area contributed by atoms with Crippen LogP contribution in [0.2, 0.25) is 0 Å². The van der Waals surface area contributed by atoms with E-state index in [9.17, 15) is 17.2 Å². The summed E-state index contributed by atoms with van der Waals surface area (Å²) in [6, 6.07) is 3.53. The van der Waals surface area contributed by atoms with Gasteiger partial charge < -0.3 is 8.74 Å². The molecule has 0 fully saturated rings. The molecule has 0 saturated heterocycles. The number of benzene rings is 1. The molecule has 0 bridgehead atoms. The zero-order chi connectivity index (χ0) is 11.6. The summed E-state index contributed by atoms with van der Waals surface area (Å²) in [5.41, 5.74) is 0.293. The van der Waals surface area contributed by atoms with E-state index in [-0.39, 0.29) is 10.6 Å². The minimum Gasteiger partial charge on any atom is -0.740 e. The van der Waals surface area contributed by atoms with Gasteiger partial charge >= 0.3 is 0 Å². The second-order valence-electron chi connectivity index (χ2n) is 2.69. The van der Waals surface area contributed by atoms with Crippen LogP contribution >= 0.6 is 0 Å². The summed E-state index contributed by atoms with van der Waals surface area (Å²) in [6.45, 7) is 1.46. The molecule has 1 N–H and O–H groups in total. The van der Waals surface area contributed by atoms with E-state index in [1.165, 1.54) is 19.1 Å². The highest BCUT2D eigenvalue weighted by Gasteiger charge is 2.14. The van der Waals surface area contributed by atoms with Gasteiger partial charge in [-0.3, -0.25) is 4.55 Å². The van der Waals surface area contributed by atoms with Gasteiger partial charge in [-0.15, -0.1) is 0 Å². The van der Waals surface area contributed by atoms with Gasteiger partial charge in [-0.1, -0.05) is 6.07 Å². The highest BCUT2D eigenvalue weighted by Crippen LogP contribution is 2.21. The van der Waals surface area contributed by atoms with Crippen LogP contribution in [0.15, 0.2) is 23.1 Å². The first kappa shape index (κ1) is 12.1. The number of hydrogen-bond acceptors (Lipinski definition) is 5. The quantitative estimate of drug-likeness (QED) is 0.616. The lowest BCUT2D eigenvalue weighted by atomic mass is 10.2. The molecule has 0 saturated carbocycles. The average molecular weight is 251 g/mol. The van der Waals surface area contributed by atoms with E-state index in [0.29, 0.717) is 5.56 Å². The van der Waals surface area contributed by atoms with Gasteiger partial charge in [0.1, 0.15) is 22.0 Å². The Hall–Kier alpha value is -0.960. The molecule has 0 heterocycles. The number of rotatable bonds is 3. The fraction of sp³-hybridized carbons (Fsp3) is 0.143. The van der Waals surface area contributed by atoms with Crippen molar-refractivity contribution in [2.24, 2.45) is 0 Å². The molecule has 84 valence electrons. The Morgan fingerprint density at radius 1 is 1.47 bits per heavy atom. The predicted molar refractivity (Wildman–Crippen MR) is 50.5 cm³/mol. The molecule has 1 aromatic rings. The van der Waals surface area contributed by atoms with E-state index in [4.69, 9.17) is 4.55 Å². The summed E-state index contributed by atoms with van der Waals surface area (Å²) < 4.78 is 55.1. The van der Waals surface area contributed by atoms with Gasteiger partial charge in [-0.05, 0) is 18.6 Å². The van der Waals surface area contributed by atoms with Crippen molar-refractivity contribution in [3.63, 3.8) is 0 Å². The molecular weight excluding hydrogens is 244 g/mol. The van der Waals surface area contributed by atoms with Crippen LogP contribution in [0.3, 0.4) is 0 Å². The van der Waals surface area contributed by atoms with Crippen LogP contribution in [-0.2, 0) is 21.5 Å². The van der Waals surface area contributed by atoms with Crippen LogP contribution in [-0.4, -0.2) is 21.7 Å². The summed E-state index contributed by atoms with van der Waals surface area (Å²) in [7, 11) is -4.37. The highest BCUT2D eigenvalue weighted by molar-refractivity contribution is 7.85. The Kier molecular flexibility index (Phi) is 3.45. The van der Waals surface area contributed by atoms with Crippen molar-refractivity contribution in [2.45, 2.75) is 11.8 Å². The molecular formula is C7H7O6S2-. The van der Waals surface area contributed by atoms with Gasteiger partial charge in [0.2, 0.25) is 0 Å². The molecule has 0 aromatic heterocycles. The van der Waals surface area contributed by atoms with Crippen molar-refractivity contribution >= 4 is 21.5 Å². The lowest BCUT2D eigenvalue weighted by molar-refractivity contribution is 0.438. The third-order valence-electron chi connectivity index (χ3n) is 1.60. The van der Waals surface area contributed by atoms with E-state index in [2.05, 4.69) is 4.18 Å². The second kappa shape index (κ2) is 4.27. The Bertz CT molecular complexity index is 492. The van der Waals surface area contributed by atoms with E-state index >= 15 is 0 Å². The zero-order valence-corrected chi connectivity index (χ0v) is 9.17. The fourth-order valence-corrected chi connectivity index (χ4v) is 1.99. The summed E-state index contributed by atoms with van der Waals surface area (Å²) in [5.74, 6) is -0.179. The molecule has 0 spiro atoms. The molecule has 0 aliphatic carbocycles. The third kappa shape index (κ3) is 3.27. The molecule has 8 heteroatoms. The van der Waals surface area contributed by atoms with Crippen molar-refractivity contribution in [1.82, 2.24) is 0 Å².